The molecule has 3 heterocycles. The topological polar surface area (TPSA) is 110 Å². The van der Waals surface area contributed by atoms with Gasteiger partial charge in [0.25, 0.3) is 5.91 Å². The monoisotopic (exact) mass is 476 g/mol. The average molecular weight is 477 g/mol. The van der Waals surface area contributed by atoms with Gasteiger partial charge in [-0.2, -0.15) is 0 Å². The summed E-state index contributed by atoms with van der Waals surface area (Å²) in [6.07, 6.45) is 1.61. The Balaban J connectivity index is 1.59. The molecule has 0 bridgehead atoms. The molecule has 1 fully saturated rings. The first-order valence-corrected chi connectivity index (χ1v) is 13.1. The smallest absolute Gasteiger partial charge is 0.341 e. The van der Waals surface area contributed by atoms with Crippen LogP contribution in [0.4, 0.5) is 5.00 Å². The zero-order valence-electron chi connectivity index (χ0n) is 17.7. The van der Waals surface area contributed by atoms with Gasteiger partial charge in [-0.15, -0.1) is 11.3 Å². The van der Waals surface area contributed by atoms with Crippen LogP contribution in [0.25, 0.3) is 0 Å². The van der Waals surface area contributed by atoms with Crippen molar-refractivity contribution in [2.75, 3.05) is 24.2 Å². The molecule has 0 unspecified atom stereocenters. The second-order valence-corrected chi connectivity index (χ2v) is 11.1. The van der Waals surface area contributed by atoms with Crippen LogP contribution in [0.1, 0.15) is 56.5 Å². The SMILES string of the molecule is CCOC(=O)c1c(NC(=O)c2cccc(CN3CCCC3=O)c2)sc2c1CCS(=O)(=O)C2. The minimum Gasteiger partial charge on any atom is -0.462 e. The van der Waals surface area contributed by atoms with E-state index < -0.39 is 21.7 Å². The summed E-state index contributed by atoms with van der Waals surface area (Å²) in [6.45, 7) is 3.02. The summed E-state index contributed by atoms with van der Waals surface area (Å²) >= 11 is 1.11. The number of esters is 1. The maximum Gasteiger partial charge on any atom is 0.341 e. The molecule has 4 rings (SSSR count). The fourth-order valence-corrected chi connectivity index (χ4v) is 7.04. The summed E-state index contributed by atoms with van der Waals surface area (Å²) in [7, 11) is -3.23. The number of thiophene rings is 1. The van der Waals surface area contributed by atoms with E-state index >= 15 is 0 Å². The molecule has 0 aliphatic carbocycles. The molecule has 170 valence electrons. The van der Waals surface area contributed by atoms with Gasteiger partial charge in [-0.25, -0.2) is 13.2 Å². The Morgan fingerprint density at radius 1 is 1.25 bits per heavy atom. The van der Waals surface area contributed by atoms with Crippen LogP contribution >= 0.6 is 11.3 Å². The highest BCUT2D eigenvalue weighted by Crippen LogP contribution is 2.38. The van der Waals surface area contributed by atoms with Crippen molar-refractivity contribution in [3.05, 3.63) is 51.4 Å². The number of sulfone groups is 1. The van der Waals surface area contributed by atoms with Crippen LogP contribution < -0.4 is 5.32 Å². The Labute approximate surface area is 190 Å². The first-order chi connectivity index (χ1) is 15.3. The first kappa shape index (κ1) is 22.5. The number of carbonyl (C=O) groups is 3. The van der Waals surface area contributed by atoms with Gasteiger partial charge in [0.1, 0.15) is 5.00 Å². The Bertz CT molecular complexity index is 1190. The number of hydrogen-bond donors (Lipinski definition) is 1. The number of benzene rings is 1. The maximum absolute atomic E-state index is 13.0. The number of amides is 2. The maximum atomic E-state index is 13.0. The van der Waals surface area contributed by atoms with Gasteiger partial charge in [0.05, 0.1) is 23.7 Å². The van der Waals surface area contributed by atoms with Gasteiger partial charge in [-0.3, -0.25) is 9.59 Å². The molecule has 0 saturated carbocycles. The fraction of sp³-hybridized carbons (Fsp3) is 0.409. The predicted octanol–water partition coefficient (Wildman–Crippen LogP) is 2.77. The van der Waals surface area contributed by atoms with Crippen molar-refractivity contribution in [1.82, 2.24) is 4.90 Å². The van der Waals surface area contributed by atoms with Gasteiger partial charge in [-0.05, 0) is 43.0 Å². The van der Waals surface area contributed by atoms with Gasteiger partial charge < -0.3 is 15.0 Å². The van der Waals surface area contributed by atoms with E-state index in [1.165, 1.54) is 0 Å². The molecule has 0 atom stereocenters. The molecule has 2 aliphatic heterocycles. The first-order valence-electron chi connectivity index (χ1n) is 10.5. The van der Waals surface area contributed by atoms with Crippen molar-refractivity contribution in [2.45, 2.75) is 38.5 Å². The van der Waals surface area contributed by atoms with Gasteiger partial charge in [0.15, 0.2) is 9.84 Å². The Hall–Kier alpha value is -2.72. The van der Waals surface area contributed by atoms with E-state index in [0.29, 0.717) is 40.5 Å². The van der Waals surface area contributed by atoms with Crippen LogP contribution in [0, 0.1) is 0 Å². The van der Waals surface area contributed by atoms with E-state index in [-0.39, 0.29) is 36.0 Å². The number of hydrogen-bond acceptors (Lipinski definition) is 7. The summed E-state index contributed by atoms with van der Waals surface area (Å²) in [5.41, 5.74) is 2.12. The van der Waals surface area contributed by atoms with Crippen LogP contribution in [0.5, 0.6) is 0 Å². The van der Waals surface area contributed by atoms with E-state index in [9.17, 15) is 22.8 Å². The van der Waals surface area contributed by atoms with Crippen molar-refractivity contribution < 1.29 is 27.5 Å². The lowest BCUT2D eigenvalue weighted by atomic mass is 10.1. The minimum atomic E-state index is -3.23. The number of carbonyl (C=O) groups excluding carboxylic acids is 3. The van der Waals surface area contributed by atoms with Crippen molar-refractivity contribution in [3.8, 4) is 0 Å². The number of nitrogens with one attached hydrogen (secondary N) is 1. The summed E-state index contributed by atoms with van der Waals surface area (Å²) in [4.78, 5) is 39.8. The number of ether oxygens (including phenoxy) is 1. The molecule has 10 heteroatoms. The number of rotatable bonds is 6. The van der Waals surface area contributed by atoms with Crippen LogP contribution in [0.2, 0.25) is 0 Å². The van der Waals surface area contributed by atoms with Gasteiger partial charge in [-0.1, -0.05) is 12.1 Å². The highest BCUT2D eigenvalue weighted by molar-refractivity contribution is 7.90. The number of likely N-dealkylation sites (tertiary alicyclic amines) is 1. The largest absolute Gasteiger partial charge is 0.462 e. The third kappa shape index (κ3) is 4.71. The van der Waals surface area contributed by atoms with Crippen LogP contribution in [-0.4, -0.2) is 50.0 Å². The molecule has 2 aliphatic rings. The molecule has 1 N–H and O–H groups in total. The van der Waals surface area contributed by atoms with E-state index in [1.54, 1.807) is 30.0 Å². The van der Waals surface area contributed by atoms with Crippen LogP contribution in [0.15, 0.2) is 24.3 Å². The molecule has 0 radical (unpaired) electrons. The molecule has 32 heavy (non-hydrogen) atoms. The van der Waals surface area contributed by atoms with Crippen molar-refractivity contribution in [1.29, 1.82) is 0 Å². The van der Waals surface area contributed by atoms with Crippen molar-refractivity contribution in [2.24, 2.45) is 0 Å². The van der Waals surface area contributed by atoms with Gasteiger partial charge in [0, 0.05) is 30.0 Å². The Kier molecular flexibility index (Phi) is 6.34. The van der Waals surface area contributed by atoms with Crippen LogP contribution in [0.3, 0.4) is 0 Å². The molecule has 1 aromatic heterocycles. The Morgan fingerprint density at radius 3 is 2.78 bits per heavy atom. The molecule has 1 saturated heterocycles. The second kappa shape index (κ2) is 9.03. The lowest BCUT2D eigenvalue weighted by molar-refractivity contribution is -0.128. The number of fused-ring (bicyclic) bond motifs is 1. The Morgan fingerprint density at radius 2 is 2.06 bits per heavy atom. The standard InChI is InChI=1S/C22H24N2O6S2/c1-2-30-22(27)19-16-8-10-32(28,29)13-17(16)31-21(19)23-20(26)15-6-3-5-14(11-15)12-24-9-4-7-18(24)25/h3,5-6,11H,2,4,7-10,12-13H2,1H3,(H,23,26). The molecular weight excluding hydrogens is 452 g/mol. The summed E-state index contributed by atoms with van der Waals surface area (Å²) in [5.74, 6) is -1.05. The van der Waals surface area contributed by atoms with Gasteiger partial charge >= 0.3 is 5.97 Å². The molecule has 2 aromatic rings. The molecular formula is C22H24N2O6S2. The lowest BCUT2D eigenvalue weighted by Gasteiger charge is -2.16. The highest BCUT2D eigenvalue weighted by Gasteiger charge is 2.32. The summed E-state index contributed by atoms with van der Waals surface area (Å²) in [6, 6.07) is 7.00. The molecule has 2 amide bonds. The number of nitrogens with zero attached hydrogens (tertiary/aromatic N) is 1. The average Bonchev–Trinajstić information content (AvgIpc) is 3.30. The molecule has 8 nitrogen and oxygen atoms in total. The van der Waals surface area contributed by atoms with E-state index in [2.05, 4.69) is 5.32 Å². The molecule has 0 spiro atoms. The van der Waals surface area contributed by atoms with Crippen molar-refractivity contribution in [3.63, 3.8) is 0 Å². The third-order valence-electron chi connectivity index (χ3n) is 5.55. The summed E-state index contributed by atoms with van der Waals surface area (Å²) < 4.78 is 29.3. The van der Waals surface area contributed by atoms with Crippen LogP contribution in [-0.2, 0) is 38.1 Å². The van der Waals surface area contributed by atoms with E-state index in [0.717, 1.165) is 23.3 Å². The van der Waals surface area contributed by atoms with Gasteiger partial charge in [0.2, 0.25) is 5.91 Å². The lowest BCUT2D eigenvalue weighted by Crippen LogP contribution is -2.24. The van der Waals surface area contributed by atoms with Crippen molar-refractivity contribution >= 4 is 44.0 Å². The second-order valence-electron chi connectivity index (χ2n) is 7.84. The summed E-state index contributed by atoms with van der Waals surface area (Å²) in [5, 5.41) is 3.09. The predicted molar refractivity (Wildman–Crippen MR) is 121 cm³/mol. The highest BCUT2D eigenvalue weighted by atomic mass is 32.2. The van der Waals surface area contributed by atoms with E-state index in [4.69, 9.17) is 4.74 Å². The zero-order chi connectivity index (χ0) is 22.9. The quantitative estimate of drug-likeness (QED) is 0.642. The minimum absolute atomic E-state index is 0.0339. The third-order valence-corrected chi connectivity index (χ3v) is 8.43. The fourth-order valence-electron chi connectivity index (χ4n) is 4.01. The number of anilines is 1. The normalized spacial score (nSPS) is 17.2. The van der Waals surface area contributed by atoms with E-state index in [1.807, 2.05) is 6.07 Å². The zero-order valence-corrected chi connectivity index (χ0v) is 19.3. The molecule has 1 aromatic carbocycles.